The lowest BCUT2D eigenvalue weighted by Crippen LogP contribution is -2.24. The van der Waals surface area contributed by atoms with Gasteiger partial charge in [0, 0.05) is 28.4 Å². The molecule has 0 radical (unpaired) electrons. The summed E-state index contributed by atoms with van der Waals surface area (Å²) in [7, 11) is 0. The zero-order valence-electron chi connectivity index (χ0n) is 16.9. The van der Waals surface area contributed by atoms with Crippen molar-refractivity contribution in [2.24, 2.45) is 0 Å². The van der Waals surface area contributed by atoms with Gasteiger partial charge in [0.2, 0.25) is 0 Å². The molecule has 1 amide bonds. The first-order chi connectivity index (χ1) is 15.1. The maximum absolute atomic E-state index is 13.1. The van der Waals surface area contributed by atoms with Gasteiger partial charge in [0.25, 0.3) is 5.91 Å². The van der Waals surface area contributed by atoms with Gasteiger partial charge in [0.05, 0.1) is 11.2 Å². The van der Waals surface area contributed by atoms with Crippen LogP contribution in [0.3, 0.4) is 0 Å². The summed E-state index contributed by atoms with van der Waals surface area (Å²) in [5, 5.41) is 4.90. The second-order valence-electron chi connectivity index (χ2n) is 7.57. The number of benzene rings is 3. The van der Waals surface area contributed by atoms with Crippen LogP contribution in [0.4, 0.5) is 4.39 Å². The summed E-state index contributed by atoms with van der Waals surface area (Å²) < 4.78 is 13.1. The van der Waals surface area contributed by atoms with Gasteiger partial charge in [-0.3, -0.25) is 4.79 Å². The van der Waals surface area contributed by atoms with E-state index >= 15 is 0 Å². The number of aromatic nitrogens is 2. The molecule has 0 unspecified atom stereocenters. The van der Waals surface area contributed by atoms with Crippen LogP contribution in [0.5, 0.6) is 0 Å². The molecular formula is C26H20FN3O. The Morgan fingerprint density at radius 1 is 0.968 bits per heavy atom. The molecule has 5 rings (SSSR count). The maximum Gasteiger partial charge on any atom is 0.270 e. The topological polar surface area (TPSA) is 57.8 Å². The molecule has 0 aliphatic rings. The van der Waals surface area contributed by atoms with Crippen molar-refractivity contribution in [2.75, 3.05) is 0 Å². The van der Waals surface area contributed by atoms with Crippen LogP contribution in [0.2, 0.25) is 0 Å². The highest BCUT2D eigenvalue weighted by atomic mass is 19.1. The van der Waals surface area contributed by atoms with Gasteiger partial charge in [-0.05, 0) is 42.3 Å². The molecule has 0 saturated carbocycles. The molecule has 2 N–H and O–H groups in total. The number of halogens is 1. The monoisotopic (exact) mass is 409 g/mol. The molecule has 0 atom stereocenters. The van der Waals surface area contributed by atoms with E-state index in [2.05, 4.69) is 10.3 Å². The van der Waals surface area contributed by atoms with Gasteiger partial charge < -0.3 is 10.3 Å². The number of aromatic amines is 1. The fourth-order valence-corrected chi connectivity index (χ4v) is 3.87. The number of aryl methyl sites for hydroxylation is 1. The zero-order chi connectivity index (χ0) is 21.4. The van der Waals surface area contributed by atoms with Crippen molar-refractivity contribution in [2.45, 2.75) is 13.5 Å². The van der Waals surface area contributed by atoms with Crippen LogP contribution in [0.15, 0.2) is 78.9 Å². The second kappa shape index (κ2) is 7.69. The molecule has 2 aromatic heterocycles. The molecule has 152 valence electrons. The van der Waals surface area contributed by atoms with E-state index in [1.165, 1.54) is 12.1 Å². The number of pyridine rings is 1. The van der Waals surface area contributed by atoms with Crippen molar-refractivity contribution in [1.29, 1.82) is 0 Å². The normalized spacial score (nSPS) is 11.2. The lowest BCUT2D eigenvalue weighted by atomic mass is 10.0. The van der Waals surface area contributed by atoms with Gasteiger partial charge in [-0.25, -0.2) is 9.37 Å². The minimum Gasteiger partial charge on any atom is -0.353 e. The van der Waals surface area contributed by atoms with E-state index in [1.54, 1.807) is 12.1 Å². The predicted octanol–water partition coefficient (Wildman–Crippen LogP) is 5.76. The van der Waals surface area contributed by atoms with Crippen molar-refractivity contribution < 1.29 is 9.18 Å². The van der Waals surface area contributed by atoms with Gasteiger partial charge >= 0.3 is 0 Å². The van der Waals surface area contributed by atoms with E-state index < -0.39 is 0 Å². The van der Waals surface area contributed by atoms with E-state index in [9.17, 15) is 9.18 Å². The molecule has 0 saturated heterocycles. The summed E-state index contributed by atoms with van der Waals surface area (Å²) in [6.07, 6.45) is 0. The molecule has 3 aromatic carbocycles. The maximum atomic E-state index is 13.1. The highest BCUT2D eigenvalue weighted by Crippen LogP contribution is 2.33. The number of hydrogen-bond acceptors (Lipinski definition) is 2. The van der Waals surface area contributed by atoms with Gasteiger partial charge in [-0.1, -0.05) is 54.6 Å². The molecule has 0 aliphatic heterocycles. The van der Waals surface area contributed by atoms with Crippen molar-refractivity contribution in [3.05, 3.63) is 102 Å². The molecule has 2 heterocycles. The molecule has 5 heteroatoms. The highest BCUT2D eigenvalue weighted by molar-refractivity contribution is 6.13. The SMILES string of the molecule is Cc1ccccc1-c1nc(C(=O)NCc2ccc(F)cc2)cc2c1[nH]c1ccccc12. The number of amides is 1. The fourth-order valence-electron chi connectivity index (χ4n) is 3.87. The van der Waals surface area contributed by atoms with Crippen LogP contribution in [0.1, 0.15) is 21.6 Å². The molecule has 0 bridgehead atoms. The average molecular weight is 409 g/mol. The van der Waals surface area contributed by atoms with Gasteiger partial charge in [-0.15, -0.1) is 0 Å². The largest absolute Gasteiger partial charge is 0.353 e. The first-order valence-corrected chi connectivity index (χ1v) is 10.1. The summed E-state index contributed by atoms with van der Waals surface area (Å²) in [4.78, 5) is 21.2. The summed E-state index contributed by atoms with van der Waals surface area (Å²) in [5.41, 5.74) is 5.88. The van der Waals surface area contributed by atoms with Gasteiger partial charge in [-0.2, -0.15) is 0 Å². The Kier molecular flexibility index (Phi) is 4.71. The number of fused-ring (bicyclic) bond motifs is 3. The Bertz CT molecular complexity index is 1420. The van der Waals surface area contributed by atoms with Crippen LogP contribution in [0, 0.1) is 12.7 Å². The predicted molar refractivity (Wildman–Crippen MR) is 121 cm³/mol. The number of carbonyl (C=O) groups excluding carboxylic acids is 1. The third kappa shape index (κ3) is 3.55. The van der Waals surface area contributed by atoms with Crippen LogP contribution in [-0.2, 0) is 6.54 Å². The van der Waals surface area contributed by atoms with E-state index in [-0.39, 0.29) is 11.7 Å². The molecule has 0 fully saturated rings. The van der Waals surface area contributed by atoms with Crippen LogP contribution in [0.25, 0.3) is 33.1 Å². The zero-order valence-corrected chi connectivity index (χ0v) is 16.9. The fraction of sp³-hybridized carbons (Fsp3) is 0.0769. The summed E-state index contributed by atoms with van der Waals surface area (Å²) in [6.45, 7) is 2.33. The summed E-state index contributed by atoms with van der Waals surface area (Å²) in [6, 6.07) is 23.9. The summed E-state index contributed by atoms with van der Waals surface area (Å²) in [5.74, 6) is -0.573. The number of nitrogens with zero attached hydrogens (tertiary/aromatic N) is 1. The molecule has 0 aliphatic carbocycles. The number of nitrogens with one attached hydrogen (secondary N) is 2. The minimum atomic E-state index is -0.301. The Morgan fingerprint density at radius 2 is 1.71 bits per heavy atom. The molecule has 31 heavy (non-hydrogen) atoms. The summed E-state index contributed by atoms with van der Waals surface area (Å²) >= 11 is 0. The number of carbonyl (C=O) groups is 1. The quantitative estimate of drug-likeness (QED) is 0.396. The highest BCUT2D eigenvalue weighted by Gasteiger charge is 2.17. The second-order valence-corrected chi connectivity index (χ2v) is 7.57. The van der Waals surface area contributed by atoms with E-state index in [4.69, 9.17) is 4.98 Å². The molecule has 0 spiro atoms. The molecule has 4 nitrogen and oxygen atoms in total. The van der Waals surface area contributed by atoms with Gasteiger partial charge in [0.15, 0.2) is 0 Å². The number of para-hydroxylation sites is 1. The van der Waals surface area contributed by atoms with E-state index in [0.29, 0.717) is 12.2 Å². The van der Waals surface area contributed by atoms with E-state index in [0.717, 1.165) is 44.2 Å². The van der Waals surface area contributed by atoms with Crippen molar-refractivity contribution in [1.82, 2.24) is 15.3 Å². The third-order valence-electron chi connectivity index (χ3n) is 5.50. The first kappa shape index (κ1) is 19.0. The Labute approximate surface area is 178 Å². The van der Waals surface area contributed by atoms with Crippen molar-refractivity contribution in [3.8, 4) is 11.3 Å². The third-order valence-corrected chi connectivity index (χ3v) is 5.50. The van der Waals surface area contributed by atoms with Crippen LogP contribution >= 0.6 is 0 Å². The smallest absolute Gasteiger partial charge is 0.270 e. The number of rotatable bonds is 4. The standard InChI is InChI=1S/C26H20FN3O/c1-16-6-2-3-7-19(16)24-25-21(20-8-4-5-9-22(20)29-25)14-23(30-24)26(31)28-15-17-10-12-18(27)13-11-17/h2-14,29H,15H2,1H3,(H,28,31). The molecular weight excluding hydrogens is 389 g/mol. The van der Waals surface area contributed by atoms with Crippen LogP contribution < -0.4 is 5.32 Å². The first-order valence-electron chi connectivity index (χ1n) is 10.1. The Balaban J connectivity index is 1.61. The van der Waals surface area contributed by atoms with E-state index in [1.807, 2.05) is 61.5 Å². The Hall–Kier alpha value is -3.99. The lowest BCUT2D eigenvalue weighted by Gasteiger charge is -2.10. The number of H-pyrrole nitrogens is 1. The molecule has 5 aromatic rings. The average Bonchev–Trinajstić information content (AvgIpc) is 3.17. The van der Waals surface area contributed by atoms with Crippen molar-refractivity contribution in [3.63, 3.8) is 0 Å². The minimum absolute atomic E-state index is 0.272. The van der Waals surface area contributed by atoms with Crippen LogP contribution in [-0.4, -0.2) is 15.9 Å². The lowest BCUT2D eigenvalue weighted by molar-refractivity contribution is 0.0946. The Morgan fingerprint density at radius 3 is 2.52 bits per heavy atom. The van der Waals surface area contributed by atoms with Crippen molar-refractivity contribution >= 4 is 27.7 Å². The number of hydrogen-bond donors (Lipinski definition) is 2. The van der Waals surface area contributed by atoms with Gasteiger partial charge in [0.1, 0.15) is 11.5 Å².